The van der Waals surface area contributed by atoms with E-state index in [2.05, 4.69) is 42.4 Å². The van der Waals surface area contributed by atoms with Gasteiger partial charge >= 0.3 is 0 Å². The lowest BCUT2D eigenvalue weighted by Crippen LogP contribution is -2.85. The second-order valence-corrected chi connectivity index (χ2v) is 11.9. The van der Waals surface area contributed by atoms with Crippen LogP contribution < -0.4 is 10.1 Å². The summed E-state index contributed by atoms with van der Waals surface area (Å²) in [5.74, 6) is 0.763. The number of fused-ring (bicyclic) bond motifs is 6. The average Bonchev–Trinajstić information content (AvgIpc) is 3.38. The van der Waals surface area contributed by atoms with Gasteiger partial charge in [0.1, 0.15) is 23.0 Å². The fourth-order valence-electron chi connectivity index (χ4n) is 7.84. The first-order chi connectivity index (χ1) is 16.1. The number of nitrogens with one attached hydrogen (secondary N) is 2. The van der Waals surface area contributed by atoms with E-state index in [0.717, 1.165) is 46.3 Å². The highest BCUT2D eigenvalue weighted by Crippen LogP contribution is 2.63. The monoisotopic (exact) mass is 461 g/mol. The third-order valence-corrected chi connectivity index (χ3v) is 9.39. The van der Waals surface area contributed by atoms with Crippen LogP contribution in [0.1, 0.15) is 69.9 Å². The third kappa shape index (κ3) is 2.06. The number of carbonyl (C=O) groups excluding carboxylic acids is 2. The molecule has 0 radical (unpaired) electrons. The highest BCUT2D eigenvalue weighted by molar-refractivity contribution is 6.07. The minimum atomic E-state index is -1.10. The highest BCUT2D eigenvalue weighted by Gasteiger charge is 2.76. The molecular formula is C27H31N3O4. The number of hydrogen-bond acceptors (Lipinski definition) is 4. The maximum Gasteiger partial charge on any atom is 0.252 e. The topological polar surface area (TPSA) is 83.7 Å². The third-order valence-electron chi connectivity index (χ3n) is 9.39. The highest BCUT2D eigenvalue weighted by atomic mass is 16.5. The van der Waals surface area contributed by atoms with E-state index in [1.165, 1.54) is 0 Å². The second kappa shape index (κ2) is 5.88. The number of rotatable bonds is 1. The summed E-state index contributed by atoms with van der Waals surface area (Å²) in [5, 5.41) is 4.27. The molecule has 2 spiro atoms. The smallest absolute Gasteiger partial charge is 0.252 e. The molecule has 5 aliphatic heterocycles. The molecule has 178 valence electrons. The molecule has 1 aliphatic carbocycles. The van der Waals surface area contributed by atoms with Crippen molar-refractivity contribution in [1.82, 2.24) is 15.2 Å². The van der Waals surface area contributed by atoms with E-state index >= 15 is 0 Å². The number of H-pyrrole nitrogens is 1. The molecule has 7 nitrogen and oxygen atoms in total. The fraction of sp³-hybridized carbons (Fsp3) is 0.556. The average molecular weight is 462 g/mol. The van der Waals surface area contributed by atoms with E-state index in [1.807, 2.05) is 24.8 Å². The standard InChI is InChI=1S/C27H31N3O4/c1-24(2)11-9-14-16(34-24)8-7-15-18-20(28-19(14)15)25(3,4)17-13-26-10-6-12-30(26)23(32)27(17,21(18)33-5)29-22(26)31/h7-9,11,17,21,28H,6,10,12-13H2,1-5H3,(H,29,31)/t17-,21?,26-,27+/m0/s1. The summed E-state index contributed by atoms with van der Waals surface area (Å²) < 4.78 is 12.4. The Balaban J connectivity index is 1.51. The largest absolute Gasteiger partial charge is 0.483 e. The van der Waals surface area contributed by atoms with E-state index in [-0.39, 0.29) is 28.7 Å². The summed E-state index contributed by atoms with van der Waals surface area (Å²) in [5.41, 5.74) is 1.50. The van der Waals surface area contributed by atoms with E-state index in [4.69, 9.17) is 9.47 Å². The van der Waals surface area contributed by atoms with Crippen LogP contribution in [-0.2, 0) is 19.7 Å². The zero-order chi connectivity index (χ0) is 23.8. The maximum atomic E-state index is 14.2. The van der Waals surface area contributed by atoms with Gasteiger partial charge in [0, 0.05) is 47.2 Å². The second-order valence-electron chi connectivity index (χ2n) is 11.9. The van der Waals surface area contributed by atoms with Crippen molar-refractivity contribution in [2.24, 2.45) is 5.92 Å². The maximum absolute atomic E-state index is 14.2. The van der Waals surface area contributed by atoms with Crippen LogP contribution in [0.3, 0.4) is 0 Å². The molecule has 4 atom stereocenters. The molecule has 2 bridgehead atoms. The molecule has 7 heteroatoms. The molecule has 1 aromatic carbocycles. The molecule has 2 amide bonds. The van der Waals surface area contributed by atoms with Gasteiger partial charge in [-0.05, 0) is 57.4 Å². The van der Waals surface area contributed by atoms with Gasteiger partial charge in [0.2, 0.25) is 5.91 Å². The Labute approximate surface area is 198 Å². The van der Waals surface area contributed by atoms with Crippen LogP contribution in [-0.4, -0.2) is 52.0 Å². The van der Waals surface area contributed by atoms with Crippen LogP contribution >= 0.6 is 0 Å². The summed E-state index contributed by atoms with van der Waals surface area (Å²) in [6, 6.07) is 4.07. The Bertz CT molecular complexity index is 1340. The van der Waals surface area contributed by atoms with Crippen LogP contribution in [0.25, 0.3) is 17.0 Å². The Morgan fingerprint density at radius 2 is 1.97 bits per heavy atom. The first-order valence-corrected chi connectivity index (χ1v) is 12.3. The lowest BCUT2D eigenvalue weighted by atomic mass is 9.50. The van der Waals surface area contributed by atoms with Crippen molar-refractivity contribution in [3.05, 3.63) is 35.0 Å². The number of nitrogens with zero attached hydrogens (tertiary/aromatic N) is 1. The van der Waals surface area contributed by atoms with Crippen LogP contribution in [0, 0.1) is 5.92 Å². The van der Waals surface area contributed by atoms with Gasteiger partial charge in [0.05, 0.1) is 5.52 Å². The van der Waals surface area contributed by atoms with Crippen LogP contribution in [0.2, 0.25) is 0 Å². The molecule has 0 saturated carbocycles. The molecule has 1 unspecified atom stereocenters. The Morgan fingerprint density at radius 1 is 1.18 bits per heavy atom. The van der Waals surface area contributed by atoms with E-state index in [9.17, 15) is 9.59 Å². The SMILES string of the molecule is COC1c2c([nH]c3c4c(ccc23)OC(C)(C)C=C4)C(C)(C)[C@@H]2C[C@]34CCCN3C(=O)[C@]12NC4=O. The lowest BCUT2D eigenvalue weighted by molar-refractivity contribution is -0.193. The number of piperazine rings is 1. The molecule has 1 aromatic heterocycles. The van der Waals surface area contributed by atoms with Gasteiger partial charge in [-0.3, -0.25) is 9.59 Å². The molecule has 4 saturated heterocycles. The normalized spacial score (nSPS) is 36.0. The van der Waals surface area contributed by atoms with Gasteiger partial charge in [0.15, 0.2) is 5.54 Å². The quantitative estimate of drug-likeness (QED) is 0.680. The predicted octanol–water partition coefficient (Wildman–Crippen LogP) is 3.58. The van der Waals surface area contributed by atoms with Crippen molar-refractivity contribution >= 4 is 28.8 Å². The first-order valence-electron chi connectivity index (χ1n) is 12.3. The number of ether oxygens (including phenoxy) is 2. The van der Waals surface area contributed by atoms with Gasteiger partial charge in [-0.2, -0.15) is 0 Å². The van der Waals surface area contributed by atoms with Crippen molar-refractivity contribution < 1.29 is 19.1 Å². The number of hydrogen-bond donors (Lipinski definition) is 2. The van der Waals surface area contributed by atoms with Gasteiger partial charge in [-0.1, -0.05) is 13.8 Å². The summed E-state index contributed by atoms with van der Waals surface area (Å²) in [6.07, 6.45) is 5.88. The Kier molecular flexibility index (Phi) is 3.55. The van der Waals surface area contributed by atoms with Crippen molar-refractivity contribution in [3.8, 4) is 5.75 Å². The molecule has 6 heterocycles. The van der Waals surface area contributed by atoms with Crippen LogP contribution in [0.5, 0.6) is 5.75 Å². The van der Waals surface area contributed by atoms with Gasteiger partial charge < -0.3 is 24.7 Å². The zero-order valence-corrected chi connectivity index (χ0v) is 20.4. The van der Waals surface area contributed by atoms with E-state index < -0.39 is 17.2 Å². The summed E-state index contributed by atoms with van der Waals surface area (Å²) in [7, 11) is 1.65. The van der Waals surface area contributed by atoms with Gasteiger partial charge in [-0.25, -0.2) is 0 Å². The van der Waals surface area contributed by atoms with E-state index in [0.29, 0.717) is 13.0 Å². The summed E-state index contributed by atoms with van der Waals surface area (Å²) in [6.45, 7) is 9.14. The molecule has 2 N–H and O–H groups in total. The van der Waals surface area contributed by atoms with Crippen LogP contribution in [0.4, 0.5) is 0 Å². The predicted molar refractivity (Wildman–Crippen MR) is 127 cm³/mol. The van der Waals surface area contributed by atoms with Gasteiger partial charge in [-0.15, -0.1) is 0 Å². The zero-order valence-electron chi connectivity index (χ0n) is 20.4. The molecule has 2 aromatic rings. The number of amides is 2. The molecular weight excluding hydrogens is 430 g/mol. The Morgan fingerprint density at radius 3 is 2.74 bits per heavy atom. The number of carbonyl (C=O) groups is 2. The summed E-state index contributed by atoms with van der Waals surface area (Å²) in [4.78, 5) is 33.3. The number of benzene rings is 1. The lowest BCUT2D eigenvalue weighted by Gasteiger charge is -2.65. The minimum absolute atomic E-state index is 0.0158. The van der Waals surface area contributed by atoms with E-state index in [1.54, 1.807) is 7.11 Å². The van der Waals surface area contributed by atoms with Crippen molar-refractivity contribution in [3.63, 3.8) is 0 Å². The van der Waals surface area contributed by atoms with Crippen molar-refractivity contribution in [2.45, 2.75) is 75.2 Å². The Hall–Kier alpha value is -2.80. The number of aromatic nitrogens is 1. The molecule has 8 rings (SSSR count). The number of aromatic amines is 1. The van der Waals surface area contributed by atoms with Crippen LogP contribution in [0.15, 0.2) is 18.2 Å². The molecule has 6 aliphatic rings. The minimum Gasteiger partial charge on any atom is -0.483 e. The van der Waals surface area contributed by atoms with Gasteiger partial charge in [0.25, 0.3) is 5.91 Å². The number of piperidine rings is 2. The first kappa shape index (κ1) is 20.6. The fourth-order valence-corrected chi connectivity index (χ4v) is 7.84. The molecule has 4 fully saturated rings. The number of methoxy groups -OCH3 is 1. The summed E-state index contributed by atoms with van der Waals surface area (Å²) >= 11 is 0. The van der Waals surface area contributed by atoms with Crippen molar-refractivity contribution in [1.29, 1.82) is 0 Å². The van der Waals surface area contributed by atoms with Crippen molar-refractivity contribution in [2.75, 3.05) is 13.7 Å². The molecule has 34 heavy (non-hydrogen) atoms.